The number of rotatable bonds is 9. The fourth-order valence-electron chi connectivity index (χ4n) is 1.61. The Labute approximate surface area is 118 Å². The predicted molar refractivity (Wildman–Crippen MR) is 75.9 cm³/mol. The molecule has 0 heterocycles. The summed E-state index contributed by atoms with van der Waals surface area (Å²) in [6.45, 7) is 2.80. The van der Waals surface area contributed by atoms with Crippen LogP contribution in [-0.4, -0.2) is 36.6 Å². The van der Waals surface area contributed by atoms with Gasteiger partial charge in [0.05, 0.1) is 13.2 Å². The zero-order valence-electron chi connectivity index (χ0n) is 11.7. The van der Waals surface area contributed by atoms with Crippen molar-refractivity contribution in [3.8, 4) is 5.75 Å². The van der Waals surface area contributed by atoms with Crippen LogP contribution in [0.15, 0.2) is 24.3 Å². The molecule has 2 N–H and O–H groups in total. The summed E-state index contributed by atoms with van der Waals surface area (Å²) in [4.78, 5) is 23.2. The number of carbonyl (C=O) groups is 2. The van der Waals surface area contributed by atoms with E-state index in [-0.39, 0.29) is 37.7 Å². The molecule has 0 unspecified atom stereocenters. The Morgan fingerprint density at radius 3 is 2.50 bits per heavy atom. The normalized spacial score (nSPS) is 10.1. The van der Waals surface area contributed by atoms with Gasteiger partial charge in [-0.25, -0.2) is 0 Å². The SMILES string of the molecule is CCCOc1ccc(C(=O)CCC(=O)NCCO)cc1. The topological polar surface area (TPSA) is 75.6 Å². The molecule has 0 bridgehead atoms. The number of carbonyl (C=O) groups excluding carboxylic acids is 2. The average Bonchev–Trinajstić information content (AvgIpc) is 2.49. The highest BCUT2D eigenvalue weighted by Crippen LogP contribution is 2.14. The predicted octanol–water partition coefficient (Wildman–Crippen LogP) is 1.55. The van der Waals surface area contributed by atoms with Crippen molar-refractivity contribution in [3.05, 3.63) is 29.8 Å². The number of Topliss-reactive ketones (excluding diaryl/α,β-unsaturated/α-hetero) is 1. The molecule has 0 fully saturated rings. The molecule has 0 atom stereocenters. The Bertz CT molecular complexity index is 428. The molecule has 0 radical (unpaired) electrons. The van der Waals surface area contributed by atoms with Gasteiger partial charge in [0.2, 0.25) is 5.91 Å². The fourth-order valence-corrected chi connectivity index (χ4v) is 1.61. The lowest BCUT2D eigenvalue weighted by molar-refractivity contribution is -0.121. The summed E-state index contributed by atoms with van der Waals surface area (Å²) in [6, 6.07) is 6.93. The first-order chi connectivity index (χ1) is 9.67. The third kappa shape index (κ3) is 5.84. The number of benzene rings is 1. The minimum absolute atomic E-state index is 0.0776. The summed E-state index contributed by atoms with van der Waals surface area (Å²) in [5.74, 6) is 0.436. The standard InChI is InChI=1S/C15H21NO4/c1-2-11-20-13-5-3-12(4-6-13)14(18)7-8-15(19)16-9-10-17/h3-6,17H,2,7-11H2,1H3,(H,16,19). The second kappa shape index (κ2) is 9.09. The van der Waals surface area contributed by atoms with Crippen molar-refractivity contribution in [3.63, 3.8) is 0 Å². The summed E-state index contributed by atoms with van der Waals surface area (Å²) < 4.78 is 5.43. The fraction of sp³-hybridized carbons (Fsp3) is 0.467. The van der Waals surface area contributed by atoms with Crippen LogP contribution in [-0.2, 0) is 4.79 Å². The van der Waals surface area contributed by atoms with Crippen LogP contribution >= 0.6 is 0 Å². The molecule has 20 heavy (non-hydrogen) atoms. The molecule has 0 saturated carbocycles. The van der Waals surface area contributed by atoms with E-state index in [2.05, 4.69) is 5.32 Å². The van der Waals surface area contributed by atoms with Crippen LogP contribution in [0.2, 0.25) is 0 Å². The van der Waals surface area contributed by atoms with Crippen LogP contribution in [0.5, 0.6) is 5.75 Å². The average molecular weight is 279 g/mol. The van der Waals surface area contributed by atoms with Gasteiger partial charge in [0.25, 0.3) is 0 Å². The van der Waals surface area contributed by atoms with Gasteiger partial charge >= 0.3 is 0 Å². The molecule has 5 heteroatoms. The maximum atomic E-state index is 11.9. The third-order valence-electron chi connectivity index (χ3n) is 2.66. The monoisotopic (exact) mass is 279 g/mol. The van der Waals surface area contributed by atoms with Gasteiger partial charge in [0.1, 0.15) is 5.75 Å². The molecule has 5 nitrogen and oxygen atoms in total. The van der Waals surface area contributed by atoms with Gasteiger partial charge in [-0.3, -0.25) is 9.59 Å². The highest BCUT2D eigenvalue weighted by Gasteiger charge is 2.09. The first-order valence-electron chi connectivity index (χ1n) is 6.81. The number of aliphatic hydroxyl groups excluding tert-OH is 1. The van der Waals surface area contributed by atoms with Crippen LogP contribution in [0.1, 0.15) is 36.5 Å². The molecule has 0 aliphatic carbocycles. The van der Waals surface area contributed by atoms with Gasteiger partial charge in [-0.05, 0) is 30.7 Å². The largest absolute Gasteiger partial charge is 0.494 e. The molecule has 0 spiro atoms. The van der Waals surface area contributed by atoms with Crippen molar-refractivity contribution in [1.29, 1.82) is 0 Å². The number of aliphatic hydroxyl groups is 1. The van der Waals surface area contributed by atoms with E-state index in [0.717, 1.165) is 12.2 Å². The molecule has 1 rings (SSSR count). The lowest BCUT2D eigenvalue weighted by atomic mass is 10.1. The number of amides is 1. The van der Waals surface area contributed by atoms with Gasteiger partial charge in [-0.15, -0.1) is 0 Å². The Morgan fingerprint density at radius 1 is 1.20 bits per heavy atom. The Morgan fingerprint density at radius 2 is 1.90 bits per heavy atom. The van der Waals surface area contributed by atoms with Crippen LogP contribution in [0.25, 0.3) is 0 Å². The molecular formula is C15H21NO4. The summed E-state index contributed by atoms with van der Waals surface area (Å²) >= 11 is 0. The first kappa shape index (κ1) is 16.2. The highest BCUT2D eigenvalue weighted by molar-refractivity contribution is 5.98. The van der Waals surface area contributed by atoms with Crippen molar-refractivity contribution < 1.29 is 19.4 Å². The maximum absolute atomic E-state index is 11.9. The van der Waals surface area contributed by atoms with Crippen molar-refractivity contribution >= 4 is 11.7 Å². The second-order valence-corrected chi connectivity index (χ2v) is 4.37. The van der Waals surface area contributed by atoms with Gasteiger partial charge < -0.3 is 15.2 Å². The van der Waals surface area contributed by atoms with E-state index in [1.54, 1.807) is 24.3 Å². The van der Waals surface area contributed by atoms with Crippen LogP contribution < -0.4 is 10.1 Å². The molecule has 1 aromatic carbocycles. The number of ketones is 1. The quantitative estimate of drug-likeness (QED) is 0.672. The van der Waals surface area contributed by atoms with E-state index >= 15 is 0 Å². The van der Waals surface area contributed by atoms with E-state index in [0.29, 0.717) is 12.2 Å². The molecule has 0 aromatic heterocycles. The zero-order valence-corrected chi connectivity index (χ0v) is 11.7. The minimum Gasteiger partial charge on any atom is -0.494 e. The van der Waals surface area contributed by atoms with Crippen LogP contribution in [0.3, 0.4) is 0 Å². The van der Waals surface area contributed by atoms with Crippen LogP contribution in [0.4, 0.5) is 0 Å². The number of hydrogen-bond acceptors (Lipinski definition) is 4. The summed E-state index contributed by atoms with van der Waals surface area (Å²) in [5.41, 5.74) is 0.573. The molecular weight excluding hydrogens is 258 g/mol. The van der Waals surface area contributed by atoms with E-state index in [1.165, 1.54) is 0 Å². The zero-order chi connectivity index (χ0) is 14.8. The summed E-state index contributed by atoms with van der Waals surface area (Å²) in [5, 5.41) is 11.1. The second-order valence-electron chi connectivity index (χ2n) is 4.37. The molecule has 0 saturated heterocycles. The van der Waals surface area contributed by atoms with Crippen molar-refractivity contribution in [1.82, 2.24) is 5.32 Å². The number of ether oxygens (including phenoxy) is 1. The van der Waals surface area contributed by atoms with Crippen molar-refractivity contribution in [2.75, 3.05) is 19.8 Å². The van der Waals surface area contributed by atoms with E-state index in [1.807, 2.05) is 6.92 Å². The first-order valence-corrected chi connectivity index (χ1v) is 6.81. The van der Waals surface area contributed by atoms with Gasteiger partial charge in [-0.1, -0.05) is 6.92 Å². The Kier molecular flexibility index (Phi) is 7.35. The minimum atomic E-state index is -0.227. The molecule has 0 aliphatic rings. The molecule has 110 valence electrons. The van der Waals surface area contributed by atoms with E-state index in [9.17, 15) is 9.59 Å². The highest BCUT2D eigenvalue weighted by atomic mass is 16.5. The van der Waals surface area contributed by atoms with Gasteiger partial charge in [-0.2, -0.15) is 0 Å². The van der Waals surface area contributed by atoms with Crippen LogP contribution in [0, 0.1) is 0 Å². The molecule has 0 aliphatic heterocycles. The van der Waals surface area contributed by atoms with Crippen molar-refractivity contribution in [2.45, 2.75) is 26.2 Å². The van der Waals surface area contributed by atoms with Gasteiger partial charge in [0.15, 0.2) is 5.78 Å². The van der Waals surface area contributed by atoms with E-state index in [4.69, 9.17) is 9.84 Å². The number of nitrogens with one attached hydrogen (secondary N) is 1. The van der Waals surface area contributed by atoms with Gasteiger partial charge in [0, 0.05) is 24.9 Å². The number of hydrogen-bond donors (Lipinski definition) is 2. The lowest BCUT2D eigenvalue weighted by Gasteiger charge is -2.06. The summed E-state index contributed by atoms with van der Waals surface area (Å²) in [7, 11) is 0. The molecule has 1 aromatic rings. The smallest absolute Gasteiger partial charge is 0.220 e. The third-order valence-corrected chi connectivity index (χ3v) is 2.66. The Balaban J connectivity index is 2.41. The van der Waals surface area contributed by atoms with E-state index < -0.39 is 0 Å². The lowest BCUT2D eigenvalue weighted by Crippen LogP contribution is -2.26. The van der Waals surface area contributed by atoms with Crippen molar-refractivity contribution in [2.24, 2.45) is 0 Å². The summed E-state index contributed by atoms with van der Waals surface area (Å²) in [6.07, 6.45) is 1.23. The maximum Gasteiger partial charge on any atom is 0.220 e. The Hall–Kier alpha value is -1.88. The molecule has 1 amide bonds.